The zero-order chi connectivity index (χ0) is 13.9. The fraction of sp³-hybridized carbons (Fsp3) is 0.929. The van der Waals surface area contributed by atoms with Gasteiger partial charge in [0.2, 0.25) is 5.91 Å². The Bertz CT molecular complexity index is 316. The summed E-state index contributed by atoms with van der Waals surface area (Å²) >= 11 is 0. The molecule has 2 fully saturated rings. The number of nitrogens with two attached hydrogens (primary N) is 1. The molecule has 0 aliphatic heterocycles. The van der Waals surface area contributed by atoms with Crippen molar-refractivity contribution in [1.29, 1.82) is 0 Å². The summed E-state index contributed by atoms with van der Waals surface area (Å²) < 4.78 is 5.18. The van der Waals surface area contributed by atoms with Crippen LogP contribution in [0.15, 0.2) is 0 Å². The molecule has 1 amide bonds. The van der Waals surface area contributed by atoms with Crippen molar-refractivity contribution in [3.63, 3.8) is 0 Å². The molecule has 1 atom stereocenters. The number of carbonyl (C=O) groups is 1. The smallest absolute Gasteiger partial charge is 0.239 e. The molecule has 110 valence electrons. The number of nitrogens with one attached hydrogen (secondary N) is 1. The van der Waals surface area contributed by atoms with Crippen LogP contribution in [0.25, 0.3) is 0 Å². The van der Waals surface area contributed by atoms with Gasteiger partial charge in [-0.2, -0.15) is 0 Å². The molecule has 2 aliphatic rings. The van der Waals surface area contributed by atoms with Crippen LogP contribution in [0.1, 0.15) is 32.6 Å². The minimum Gasteiger partial charge on any atom is -0.383 e. The van der Waals surface area contributed by atoms with Crippen molar-refractivity contribution < 1.29 is 9.53 Å². The highest BCUT2D eigenvalue weighted by Gasteiger charge is 2.51. The molecular weight excluding hydrogens is 242 g/mol. The van der Waals surface area contributed by atoms with Gasteiger partial charge in [-0.25, -0.2) is 0 Å². The van der Waals surface area contributed by atoms with E-state index in [-0.39, 0.29) is 5.91 Å². The minimum atomic E-state index is -0.537. The topological polar surface area (TPSA) is 67.6 Å². The third-order valence-electron chi connectivity index (χ3n) is 4.30. The Hall–Kier alpha value is -0.650. The SMILES string of the molecule is CCNC(CN(CCOC)C1CC1)(C(N)=O)C1CC1. The zero-order valence-corrected chi connectivity index (χ0v) is 12.2. The highest BCUT2D eigenvalue weighted by Crippen LogP contribution is 2.41. The molecule has 0 heterocycles. The van der Waals surface area contributed by atoms with Gasteiger partial charge in [0.1, 0.15) is 5.54 Å². The fourth-order valence-electron chi connectivity index (χ4n) is 2.95. The Kier molecular flexibility index (Phi) is 4.81. The van der Waals surface area contributed by atoms with E-state index in [2.05, 4.69) is 10.2 Å². The Morgan fingerprint density at radius 3 is 2.53 bits per heavy atom. The summed E-state index contributed by atoms with van der Waals surface area (Å²) in [7, 11) is 1.72. The van der Waals surface area contributed by atoms with E-state index in [1.165, 1.54) is 12.8 Å². The van der Waals surface area contributed by atoms with Crippen LogP contribution in [-0.2, 0) is 9.53 Å². The van der Waals surface area contributed by atoms with Crippen LogP contribution in [-0.4, -0.2) is 55.7 Å². The van der Waals surface area contributed by atoms with Gasteiger partial charge in [-0.3, -0.25) is 9.69 Å². The summed E-state index contributed by atoms with van der Waals surface area (Å²) in [6.45, 7) is 5.14. The summed E-state index contributed by atoms with van der Waals surface area (Å²) in [6.07, 6.45) is 4.68. The molecule has 0 spiro atoms. The van der Waals surface area contributed by atoms with Gasteiger partial charge < -0.3 is 15.8 Å². The Balaban J connectivity index is 2.05. The Labute approximate surface area is 115 Å². The number of amides is 1. The second kappa shape index (κ2) is 6.20. The third kappa shape index (κ3) is 3.46. The number of hydrogen-bond donors (Lipinski definition) is 2. The highest BCUT2D eigenvalue weighted by molar-refractivity contribution is 5.86. The second-order valence-corrected chi connectivity index (χ2v) is 5.83. The van der Waals surface area contributed by atoms with Crippen molar-refractivity contribution >= 4 is 5.91 Å². The first kappa shape index (κ1) is 14.8. The van der Waals surface area contributed by atoms with Crippen molar-refractivity contribution in [2.75, 3.05) is 33.4 Å². The molecule has 2 rings (SSSR count). The largest absolute Gasteiger partial charge is 0.383 e. The van der Waals surface area contributed by atoms with Gasteiger partial charge in [-0.15, -0.1) is 0 Å². The molecule has 3 N–H and O–H groups in total. The molecule has 5 heteroatoms. The number of likely N-dealkylation sites (N-methyl/N-ethyl adjacent to an activating group) is 1. The average molecular weight is 269 g/mol. The molecule has 0 aromatic heterocycles. The van der Waals surface area contributed by atoms with Crippen molar-refractivity contribution in [2.45, 2.75) is 44.2 Å². The Morgan fingerprint density at radius 2 is 2.11 bits per heavy atom. The quantitative estimate of drug-likeness (QED) is 0.600. The summed E-state index contributed by atoms with van der Waals surface area (Å²) in [5, 5.41) is 3.39. The van der Waals surface area contributed by atoms with Crippen molar-refractivity contribution in [2.24, 2.45) is 11.7 Å². The van der Waals surface area contributed by atoms with Gasteiger partial charge in [-0.05, 0) is 38.1 Å². The van der Waals surface area contributed by atoms with Gasteiger partial charge in [0.15, 0.2) is 0 Å². The molecule has 19 heavy (non-hydrogen) atoms. The molecule has 1 unspecified atom stereocenters. The van der Waals surface area contributed by atoms with E-state index in [9.17, 15) is 4.79 Å². The fourth-order valence-corrected chi connectivity index (χ4v) is 2.95. The van der Waals surface area contributed by atoms with Crippen molar-refractivity contribution in [1.82, 2.24) is 10.2 Å². The number of ether oxygens (including phenoxy) is 1. The molecule has 0 aromatic carbocycles. The lowest BCUT2D eigenvalue weighted by Gasteiger charge is -2.37. The van der Waals surface area contributed by atoms with Crippen LogP contribution < -0.4 is 11.1 Å². The van der Waals surface area contributed by atoms with Gasteiger partial charge in [0, 0.05) is 26.2 Å². The van der Waals surface area contributed by atoms with Gasteiger partial charge in [0.25, 0.3) is 0 Å². The van der Waals surface area contributed by atoms with E-state index < -0.39 is 5.54 Å². The Morgan fingerprint density at radius 1 is 1.42 bits per heavy atom. The van der Waals surface area contributed by atoms with Crippen LogP contribution in [0.5, 0.6) is 0 Å². The van der Waals surface area contributed by atoms with Gasteiger partial charge in [-0.1, -0.05) is 6.92 Å². The van der Waals surface area contributed by atoms with Crippen LogP contribution in [0.4, 0.5) is 0 Å². The van der Waals surface area contributed by atoms with Crippen LogP contribution in [0, 0.1) is 5.92 Å². The second-order valence-electron chi connectivity index (χ2n) is 5.83. The molecule has 0 bridgehead atoms. The van der Waals surface area contributed by atoms with Gasteiger partial charge >= 0.3 is 0 Å². The first-order valence-electron chi connectivity index (χ1n) is 7.42. The van der Waals surface area contributed by atoms with E-state index in [1.54, 1.807) is 7.11 Å². The third-order valence-corrected chi connectivity index (χ3v) is 4.30. The summed E-state index contributed by atoms with van der Waals surface area (Å²) in [5.74, 6) is 0.216. The molecule has 2 saturated carbocycles. The number of rotatable bonds is 10. The number of nitrogens with zero attached hydrogens (tertiary/aromatic N) is 1. The van der Waals surface area contributed by atoms with Gasteiger partial charge in [0.05, 0.1) is 6.61 Å². The zero-order valence-electron chi connectivity index (χ0n) is 12.2. The van der Waals surface area contributed by atoms with Crippen LogP contribution >= 0.6 is 0 Å². The standard InChI is InChI=1S/C14H27N3O2/c1-3-16-14(13(15)18,11-4-5-11)10-17(8-9-19-2)12-6-7-12/h11-12,16H,3-10H2,1-2H3,(H2,15,18). The summed E-state index contributed by atoms with van der Waals surface area (Å²) in [4.78, 5) is 14.4. The predicted octanol–water partition coefficient (Wildman–Crippen LogP) is 0.341. The number of carbonyl (C=O) groups excluding carboxylic acids is 1. The summed E-state index contributed by atoms with van der Waals surface area (Å²) in [5.41, 5.74) is 5.20. The normalized spacial score (nSPS) is 22.5. The molecule has 2 aliphatic carbocycles. The van der Waals surface area contributed by atoms with Crippen LogP contribution in [0.2, 0.25) is 0 Å². The predicted molar refractivity (Wildman–Crippen MR) is 74.8 cm³/mol. The van der Waals surface area contributed by atoms with E-state index in [0.717, 1.165) is 32.5 Å². The lowest BCUT2D eigenvalue weighted by atomic mass is 9.91. The lowest BCUT2D eigenvalue weighted by molar-refractivity contribution is -0.126. The maximum absolute atomic E-state index is 12.0. The minimum absolute atomic E-state index is 0.195. The maximum atomic E-state index is 12.0. The van der Waals surface area contributed by atoms with Crippen LogP contribution in [0.3, 0.4) is 0 Å². The van der Waals surface area contributed by atoms with Crippen molar-refractivity contribution in [3.8, 4) is 0 Å². The average Bonchev–Trinajstić information content (AvgIpc) is 3.24. The molecule has 0 saturated heterocycles. The number of methoxy groups -OCH3 is 1. The number of primary amides is 1. The lowest BCUT2D eigenvalue weighted by Crippen LogP contribution is -2.63. The molecule has 5 nitrogen and oxygen atoms in total. The molecular formula is C14H27N3O2. The molecule has 0 radical (unpaired) electrons. The van der Waals surface area contributed by atoms with E-state index in [0.29, 0.717) is 18.6 Å². The van der Waals surface area contributed by atoms with E-state index in [1.807, 2.05) is 6.92 Å². The highest BCUT2D eigenvalue weighted by atomic mass is 16.5. The first-order valence-corrected chi connectivity index (χ1v) is 7.42. The van der Waals surface area contributed by atoms with E-state index in [4.69, 9.17) is 10.5 Å². The number of hydrogen-bond acceptors (Lipinski definition) is 4. The monoisotopic (exact) mass is 269 g/mol. The summed E-state index contributed by atoms with van der Waals surface area (Å²) in [6, 6.07) is 0.617. The molecule has 0 aromatic rings. The maximum Gasteiger partial charge on any atom is 0.239 e. The first-order chi connectivity index (χ1) is 9.14. The van der Waals surface area contributed by atoms with E-state index >= 15 is 0 Å². The van der Waals surface area contributed by atoms with Crippen molar-refractivity contribution in [3.05, 3.63) is 0 Å².